The molecule has 0 unspecified atom stereocenters. The zero-order valence-electron chi connectivity index (χ0n) is 19.3. The van der Waals surface area contributed by atoms with Crippen LogP contribution in [0.15, 0.2) is 34.0 Å². The van der Waals surface area contributed by atoms with Crippen LogP contribution in [0.2, 0.25) is 0 Å². The Balaban J connectivity index is 1.51. The van der Waals surface area contributed by atoms with E-state index in [9.17, 15) is 18.0 Å². The normalized spacial score (nSPS) is 19.1. The summed E-state index contributed by atoms with van der Waals surface area (Å²) in [5.74, 6) is 0.162. The van der Waals surface area contributed by atoms with Gasteiger partial charge in [-0.15, -0.1) is 0 Å². The van der Waals surface area contributed by atoms with Crippen molar-refractivity contribution in [2.45, 2.75) is 50.3 Å². The average molecular weight is 475 g/mol. The lowest BCUT2D eigenvalue weighted by Crippen LogP contribution is -2.37. The predicted molar refractivity (Wildman–Crippen MR) is 129 cm³/mol. The number of benzene rings is 1. The van der Waals surface area contributed by atoms with E-state index in [1.54, 1.807) is 6.07 Å². The smallest absolute Gasteiger partial charge is 0.252 e. The third kappa shape index (κ3) is 5.65. The van der Waals surface area contributed by atoms with Crippen molar-refractivity contribution in [3.63, 3.8) is 0 Å². The largest absolute Gasteiger partial charge is 0.352 e. The summed E-state index contributed by atoms with van der Waals surface area (Å²) in [7, 11) is -3.66. The van der Waals surface area contributed by atoms with Gasteiger partial charge in [0.2, 0.25) is 15.6 Å². The minimum atomic E-state index is -3.66. The van der Waals surface area contributed by atoms with Gasteiger partial charge >= 0.3 is 0 Å². The van der Waals surface area contributed by atoms with Crippen LogP contribution in [0.5, 0.6) is 0 Å². The first kappa shape index (κ1) is 23.9. The third-order valence-corrected chi connectivity index (χ3v) is 8.72. The molecule has 0 spiro atoms. The van der Waals surface area contributed by atoms with Gasteiger partial charge in [0.1, 0.15) is 0 Å². The summed E-state index contributed by atoms with van der Waals surface area (Å²) < 4.78 is 27.9. The molecule has 3 heterocycles. The molecule has 4 rings (SSSR count). The quantitative estimate of drug-likeness (QED) is 0.601. The molecule has 8 nitrogen and oxygen atoms in total. The van der Waals surface area contributed by atoms with E-state index in [4.69, 9.17) is 0 Å². The number of hydrogen-bond donors (Lipinski definition) is 2. The number of piperidine rings is 2. The van der Waals surface area contributed by atoms with Gasteiger partial charge in [0.05, 0.1) is 10.5 Å². The van der Waals surface area contributed by atoms with Crippen LogP contribution in [0.3, 0.4) is 0 Å². The van der Waals surface area contributed by atoms with Crippen molar-refractivity contribution < 1.29 is 13.2 Å². The number of likely N-dealkylation sites (tertiary alicyclic amines) is 1. The maximum Gasteiger partial charge on any atom is 0.252 e. The van der Waals surface area contributed by atoms with Gasteiger partial charge in [0.15, 0.2) is 0 Å². The SMILES string of the molecule is CC1CCN(S(=O)(=O)c2ccc3[nH]c(=O)cc(C(=O)NCCCN4CCCCC4)c3c2)CC1. The third-order valence-electron chi connectivity index (χ3n) is 6.82. The lowest BCUT2D eigenvalue weighted by atomic mass is 10.0. The first-order chi connectivity index (χ1) is 15.8. The maximum absolute atomic E-state index is 13.2. The minimum absolute atomic E-state index is 0.149. The van der Waals surface area contributed by atoms with E-state index in [-0.39, 0.29) is 21.9 Å². The number of H-pyrrole nitrogens is 1. The lowest BCUT2D eigenvalue weighted by Gasteiger charge is -2.29. The number of pyridine rings is 1. The van der Waals surface area contributed by atoms with Crippen molar-refractivity contribution in [2.24, 2.45) is 5.92 Å². The highest BCUT2D eigenvalue weighted by Gasteiger charge is 2.28. The number of amides is 1. The molecule has 2 fully saturated rings. The van der Waals surface area contributed by atoms with Crippen molar-refractivity contribution in [3.05, 3.63) is 40.2 Å². The van der Waals surface area contributed by atoms with Gasteiger partial charge in [0.25, 0.3) is 5.91 Å². The molecule has 0 saturated carbocycles. The van der Waals surface area contributed by atoms with Crippen molar-refractivity contribution in [2.75, 3.05) is 39.3 Å². The summed E-state index contributed by atoms with van der Waals surface area (Å²) in [6, 6.07) is 5.85. The van der Waals surface area contributed by atoms with Gasteiger partial charge in [-0.3, -0.25) is 9.59 Å². The second-order valence-electron chi connectivity index (χ2n) is 9.35. The molecule has 2 saturated heterocycles. The molecule has 180 valence electrons. The molecular weight excluding hydrogens is 440 g/mol. The Morgan fingerprint density at radius 2 is 1.82 bits per heavy atom. The van der Waals surface area contributed by atoms with Crippen LogP contribution < -0.4 is 10.9 Å². The van der Waals surface area contributed by atoms with Crippen LogP contribution in [0.25, 0.3) is 10.9 Å². The number of nitrogens with zero attached hydrogens (tertiary/aromatic N) is 2. The van der Waals surface area contributed by atoms with E-state index in [1.165, 1.54) is 41.8 Å². The molecule has 0 aliphatic carbocycles. The molecule has 33 heavy (non-hydrogen) atoms. The molecule has 1 amide bonds. The zero-order chi connectivity index (χ0) is 23.4. The summed E-state index contributed by atoms with van der Waals surface area (Å²) in [4.78, 5) is 30.3. The summed E-state index contributed by atoms with van der Waals surface area (Å²) in [5, 5.41) is 3.35. The second-order valence-corrected chi connectivity index (χ2v) is 11.3. The molecular formula is C24H34N4O4S. The first-order valence-corrected chi connectivity index (χ1v) is 13.5. The summed E-state index contributed by atoms with van der Waals surface area (Å²) in [5.41, 5.74) is 0.268. The van der Waals surface area contributed by atoms with Crippen molar-refractivity contribution in [1.29, 1.82) is 0 Å². The Morgan fingerprint density at radius 3 is 2.55 bits per heavy atom. The zero-order valence-corrected chi connectivity index (χ0v) is 20.1. The summed E-state index contributed by atoms with van der Waals surface area (Å²) >= 11 is 0. The molecule has 2 N–H and O–H groups in total. The number of nitrogens with one attached hydrogen (secondary N) is 2. The van der Waals surface area contributed by atoms with Crippen LogP contribution in [0, 0.1) is 5.92 Å². The van der Waals surface area contributed by atoms with Crippen molar-refractivity contribution in [3.8, 4) is 0 Å². The number of hydrogen-bond acceptors (Lipinski definition) is 5. The Kier molecular flexibility index (Phi) is 7.51. The Bertz CT molecular complexity index is 1150. The maximum atomic E-state index is 13.2. The van der Waals surface area contributed by atoms with Crippen LogP contribution in [0.1, 0.15) is 55.8 Å². The van der Waals surface area contributed by atoms with Crippen molar-refractivity contribution in [1.82, 2.24) is 19.5 Å². The van der Waals surface area contributed by atoms with Gasteiger partial charge in [-0.2, -0.15) is 4.31 Å². The van der Waals surface area contributed by atoms with E-state index in [1.807, 2.05) is 0 Å². The summed E-state index contributed by atoms with van der Waals surface area (Å²) in [6.07, 6.45) is 6.26. The van der Waals surface area contributed by atoms with Crippen LogP contribution in [-0.2, 0) is 10.0 Å². The molecule has 0 atom stereocenters. The highest BCUT2D eigenvalue weighted by Crippen LogP contribution is 2.26. The number of sulfonamides is 1. The van der Waals surface area contributed by atoms with E-state index >= 15 is 0 Å². The molecule has 2 aromatic rings. The molecule has 2 aliphatic rings. The first-order valence-electron chi connectivity index (χ1n) is 12.0. The fraction of sp³-hybridized carbons (Fsp3) is 0.583. The molecule has 1 aromatic carbocycles. The number of rotatable bonds is 7. The molecule has 9 heteroatoms. The number of carbonyl (C=O) groups excluding carboxylic acids is 1. The van der Waals surface area contributed by atoms with Gasteiger partial charge in [-0.25, -0.2) is 8.42 Å². The highest BCUT2D eigenvalue weighted by atomic mass is 32.2. The van der Waals surface area contributed by atoms with Gasteiger partial charge < -0.3 is 15.2 Å². The Hall–Kier alpha value is -2.23. The lowest BCUT2D eigenvalue weighted by molar-refractivity contribution is 0.0952. The predicted octanol–water partition coefficient (Wildman–Crippen LogP) is 2.55. The van der Waals surface area contributed by atoms with Gasteiger partial charge in [-0.05, 0) is 75.9 Å². The van der Waals surface area contributed by atoms with Crippen LogP contribution >= 0.6 is 0 Å². The molecule has 1 aromatic heterocycles. The van der Waals surface area contributed by atoms with Crippen molar-refractivity contribution >= 4 is 26.8 Å². The van der Waals surface area contributed by atoms with Crippen LogP contribution in [-0.4, -0.2) is 67.8 Å². The fourth-order valence-corrected chi connectivity index (χ4v) is 6.23. The number of aromatic nitrogens is 1. The van der Waals surface area contributed by atoms with E-state index < -0.39 is 10.0 Å². The topological polar surface area (TPSA) is 103 Å². The Morgan fingerprint density at radius 1 is 1.09 bits per heavy atom. The average Bonchev–Trinajstić information content (AvgIpc) is 2.81. The molecule has 0 bridgehead atoms. The van der Waals surface area contributed by atoms with E-state index in [0.29, 0.717) is 36.5 Å². The summed E-state index contributed by atoms with van der Waals surface area (Å²) in [6.45, 7) is 6.79. The standard InChI is InChI=1S/C24H34N4O4S/c1-18-8-14-28(15-9-18)33(31,32)19-6-7-22-20(16-19)21(17-23(29)26-22)24(30)25-10-5-13-27-11-3-2-4-12-27/h6-7,16-18H,2-5,8-15H2,1H3,(H,25,30)(H,26,29). The molecule has 2 aliphatic heterocycles. The Labute approximate surface area is 195 Å². The number of aromatic amines is 1. The van der Waals surface area contributed by atoms with Gasteiger partial charge in [0, 0.05) is 36.6 Å². The second kappa shape index (κ2) is 10.4. The fourth-order valence-electron chi connectivity index (χ4n) is 4.74. The van der Waals surface area contributed by atoms with Crippen LogP contribution in [0.4, 0.5) is 0 Å². The van der Waals surface area contributed by atoms with Gasteiger partial charge in [-0.1, -0.05) is 13.3 Å². The van der Waals surface area contributed by atoms with E-state index in [0.717, 1.165) is 38.9 Å². The number of carbonyl (C=O) groups is 1. The number of fused-ring (bicyclic) bond motifs is 1. The molecule has 0 radical (unpaired) electrons. The van der Waals surface area contributed by atoms with E-state index in [2.05, 4.69) is 22.1 Å². The highest BCUT2D eigenvalue weighted by molar-refractivity contribution is 7.89. The minimum Gasteiger partial charge on any atom is -0.352 e. The monoisotopic (exact) mass is 474 g/mol.